The van der Waals surface area contributed by atoms with E-state index in [4.69, 9.17) is 30.9 Å². The van der Waals surface area contributed by atoms with Crippen molar-refractivity contribution in [3.63, 3.8) is 0 Å². The van der Waals surface area contributed by atoms with Crippen LogP contribution in [0.4, 0.5) is 5.69 Å². The van der Waals surface area contributed by atoms with Crippen LogP contribution in [0.25, 0.3) is 0 Å². The van der Waals surface area contributed by atoms with Gasteiger partial charge in [-0.15, -0.1) is 0 Å². The quantitative estimate of drug-likeness (QED) is 0.374. The van der Waals surface area contributed by atoms with E-state index in [2.05, 4.69) is 0 Å². The molecule has 0 aromatic heterocycles. The first kappa shape index (κ1) is 26.0. The zero-order valence-electron chi connectivity index (χ0n) is 17.5. The lowest BCUT2D eigenvalue weighted by Gasteiger charge is -2.26. The van der Waals surface area contributed by atoms with Crippen molar-refractivity contribution in [1.82, 2.24) is 0 Å². The van der Waals surface area contributed by atoms with Crippen molar-refractivity contribution >= 4 is 29.5 Å². The number of nitrogens with two attached hydrogens (primary N) is 1. The lowest BCUT2D eigenvalue weighted by molar-refractivity contribution is -0.165. The Morgan fingerprint density at radius 1 is 1.13 bits per heavy atom. The highest BCUT2D eigenvalue weighted by atomic mass is 16.6. The molecular formula is C20H28N2O9. The maximum atomic E-state index is 12.4. The van der Waals surface area contributed by atoms with Crippen LogP contribution in [0.5, 0.6) is 0 Å². The van der Waals surface area contributed by atoms with Gasteiger partial charge in [0.25, 0.3) is 0 Å². The fraction of sp³-hybridized carbons (Fsp3) is 0.500. The average molecular weight is 440 g/mol. The fourth-order valence-electron chi connectivity index (χ4n) is 2.67. The van der Waals surface area contributed by atoms with E-state index in [1.165, 1.54) is 4.90 Å². The first-order valence-electron chi connectivity index (χ1n) is 9.43. The Kier molecular flexibility index (Phi) is 9.10. The molecule has 1 aliphatic rings. The molecule has 6 N–H and O–H groups in total. The monoisotopic (exact) mass is 440 g/mol. The number of carbonyl (C=O) groups is 4. The van der Waals surface area contributed by atoms with Gasteiger partial charge in [0, 0.05) is 5.69 Å². The normalized spacial score (nSPS) is 17.9. The third kappa shape index (κ3) is 7.96. The molecule has 2 unspecified atom stereocenters. The van der Waals surface area contributed by atoms with Crippen LogP contribution < -0.4 is 10.6 Å². The number of para-hydroxylation sites is 1. The van der Waals surface area contributed by atoms with Crippen molar-refractivity contribution in [2.45, 2.75) is 57.5 Å². The summed E-state index contributed by atoms with van der Waals surface area (Å²) < 4.78 is 5.31. The molecule has 2 rings (SSSR count). The van der Waals surface area contributed by atoms with Crippen molar-refractivity contribution in [3.8, 4) is 0 Å². The highest BCUT2D eigenvalue weighted by Gasteiger charge is 2.31. The minimum Gasteiger partial charge on any atom is -0.479 e. The van der Waals surface area contributed by atoms with E-state index in [9.17, 15) is 19.2 Å². The second-order valence-electron chi connectivity index (χ2n) is 7.85. The smallest absolute Gasteiger partial charge is 0.335 e. The number of hydrogen-bond acceptors (Lipinski definition) is 8. The van der Waals surface area contributed by atoms with Gasteiger partial charge < -0.3 is 30.9 Å². The average Bonchev–Trinajstić information content (AvgIpc) is 2.78. The minimum atomic E-state index is -2.27. The summed E-state index contributed by atoms with van der Waals surface area (Å²) in [6.45, 7) is 5.29. The standard InChI is InChI=1S/C16H22N2O3.C4H6O6/c1-16(2,3)21-14(19)10-18-13-7-5-4-6-11(13)8-9-12(17)15(18)20;5-1(3(7)8)2(6)4(9)10/h4-7,12H,8-10,17H2,1-3H3;1-2,5-6H,(H,7,8)(H,9,10)/t12-;/m0./s1. The molecular weight excluding hydrogens is 412 g/mol. The second kappa shape index (κ2) is 10.8. The van der Waals surface area contributed by atoms with Crippen molar-refractivity contribution < 1.29 is 44.3 Å². The first-order valence-corrected chi connectivity index (χ1v) is 9.43. The maximum Gasteiger partial charge on any atom is 0.335 e. The number of anilines is 1. The molecule has 0 bridgehead atoms. The molecule has 0 fully saturated rings. The summed E-state index contributed by atoms with van der Waals surface area (Å²) in [5, 5.41) is 32.5. The number of fused-ring (bicyclic) bond motifs is 1. The number of hydrogen-bond donors (Lipinski definition) is 5. The Labute approximate surface area is 179 Å². The molecule has 172 valence electrons. The molecule has 0 spiro atoms. The van der Waals surface area contributed by atoms with Gasteiger partial charge in [-0.3, -0.25) is 14.5 Å². The molecule has 0 aliphatic carbocycles. The van der Waals surface area contributed by atoms with Gasteiger partial charge >= 0.3 is 17.9 Å². The van der Waals surface area contributed by atoms with Crippen molar-refractivity contribution in [2.24, 2.45) is 5.73 Å². The van der Waals surface area contributed by atoms with Gasteiger partial charge in [0.1, 0.15) is 12.1 Å². The van der Waals surface area contributed by atoms with Crippen LogP contribution in [0.2, 0.25) is 0 Å². The Bertz CT molecular complexity index is 801. The van der Waals surface area contributed by atoms with Crippen LogP contribution in [0.1, 0.15) is 32.8 Å². The van der Waals surface area contributed by atoms with Crippen molar-refractivity contribution in [2.75, 3.05) is 11.4 Å². The van der Waals surface area contributed by atoms with E-state index in [-0.39, 0.29) is 12.5 Å². The summed E-state index contributed by atoms with van der Waals surface area (Å²) in [5.41, 5.74) is 7.11. The molecule has 11 nitrogen and oxygen atoms in total. The van der Waals surface area contributed by atoms with E-state index in [0.717, 1.165) is 17.7 Å². The minimum absolute atomic E-state index is 0.110. The van der Waals surface area contributed by atoms with Crippen LogP contribution >= 0.6 is 0 Å². The molecule has 1 aromatic carbocycles. The van der Waals surface area contributed by atoms with Gasteiger partial charge in [0.05, 0.1) is 6.04 Å². The third-order valence-corrected chi connectivity index (χ3v) is 4.10. The van der Waals surface area contributed by atoms with Crippen LogP contribution in [-0.2, 0) is 30.3 Å². The van der Waals surface area contributed by atoms with E-state index < -0.39 is 41.8 Å². The van der Waals surface area contributed by atoms with E-state index in [0.29, 0.717) is 6.42 Å². The molecule has 1 amide bonds. The molecule has 0 radical (unpaired) electrons. The van der Waals surface area contributed by atoms with Gasteiger partial charge in [-0.05, 0) is 45.2 Å². The predicted molar refractivity (Wildman–Crippen MR) is 108 cm³/mol. The zero-order valence-corrected chi connectivity index (χ0v) is 17.5. The molecule has 0 saturated carbocycles. The Balaban J connectivity index is 0.000000407. The molecule has 1 aliphatic heterocycles. The molecule has 1 heterocycles. The first-order chi connectivity index (χ1) is 14.2. The third-order valence-electron chi connectivity index (χ3n) is 4.10. The number of benzene rings is 1. The number of aliphatic hydroxyl groups is 2. The summed E-state index contributed by atoms with van der Waals surface area (Å²) in [4.78, 5) is 45.4. The molecule has 11 heteroatoms. The number of aliphatic hydroxyl groups excluding tert-OH is 2. The number of amides is 1. The largest absolute Gasteiger partial charge is 0.479 e. The Morgan fingerprint density at radius 3 is 2.13 bits per heavy atom. The highest BCUT2D eigenvalue weighted by Crippen LogP contribution is 2.26. The van der Waals surface area contributed by atoms with Crippen molar-refractivity contribution in [1.29, 1.82) is 0 Å². The number of aliphatic carboxylic acids is 2. The van der Waals surface area contributed by atoms with E-state index >= 15 is 0 Å². The van der Waals surface area contributed by atoms with Gasteiger partial charge in [-0.2, -0.15) is 0 Å². The number of nitrogens with zero attached hydrogens (tertiary/aromatic N) is 1. The van der Waals surface area contributed by atoms with Gasteiger partial charge in [0.15, 0.2) is 12.2 Å². The van der Waals surface area contributed by atoms with Crippen LogP contribution in [0.15, 0.2) is 24.3 Å². The maximum absolute atomic E-state index is 12.4. The highest BCUT2D eigenvalue weighted by molar-refractivity contribution is 6.01. The van der Waals surface area contributed by atoms with Crippen LogP contribution in [0, 0.1) is 0 Å². The van der Waals surface area contributed by atoms with Gasteiger partial charge in [-0.1, -0.05) is 18.2 Å². The summed E-state index contributed by atoms with van der Waals surface area (Å²) in [6, 6.07) is 7.00. The molecule has 3 atom stereocenters. The number of ether oxygens (including phenoxy) is 1. The van der Waals surface area contributed by atoms with Crippen molar-refractivity contribution in [3.05, 3.63) is 29.8 Å². The SMILES string of the molecule is CC(C)(C)OC(=O)CN1C(=O)[C@@H](N)CCc2ccccc21.O=C(O)C(O)C(O)C(=O)O. The summed E-state index contributed by atoms with van der Waals surface area (Å²) >= 11 is 0. The van der Waals surface area contributed by atoms with Gasteiger partial charge in [0.2, 0.25) is 5.91 Å². The zero-order chi connectivity index (χ0) is 23.9. The molecule has 1 aromatic rings. The number of carbonyl (C=O) groups excluding carboxylic acids is 2. The number of aryl methyl sites for hydroxylation is 1. The molecule has 0 saturated heterocycles. The Morgan fingerprint density at radius 2 is 1.65 bits per heavy atom. The number of carboxylic acid groups (broad SMARTS) is 2. The summed E-state index contributed by atoms with van der Waals surface area (Å²) in [6.07, 6.45) is -3.22. The van der Waals surface area contributed by atoms with Gasteiger partial charge in [-0.25, -0.2) is 9.59 Å². The molecule has 31 heavy (non-hydrogen) atoms. The lowest BCUT2D eigenvalue weighted by atomic mass is 10.1. The summed E-state index contributed by atoms with van der Waals surface area (Å²) in [7, 11) is 0. The Hall–Kier alpha value is -3.02. The van der Waals surface area contributed by atoms with E-state index in [1.807, 2.05) is 24.3 Å². The number of carboxylic acids is 2. The van der Waals surface area contributed by atoms with Crippen LogP contribution in [0.3, 0.4) is 0 Å². The van der Waals surface area contributed by atoms with Crippen LogP contribution in [-0.4, -0.2) is 74.6 Å². The predicted octanol–water partition coefficient (Wildman–Crippen LogP) is -0.488. The number of rotatable bonds is 5. The topological polar surface area (TPSA) is 188 Å². The van der Waals surface area contributed by atoms with E-state index in [1.54, 1.807) is 20.8 Å². The fourth-order valence-corrected chi connectivity index (χ4v) is 2.67. The second-order valence-corrected chi connectivity index (χ2v) is 7.85. The summed E-state index contributed by atoms with van der Waals surface area (Å²) in [5.74, 6) is -4.20. The lowest BCUT2D eigenvalue weighted by Crippen LogP contribution is -2.46. The number of esters is 1.